The first-order valence-electron chi connectivity index (χ1n) is 16.3. The molecule has 0 unspecified atom stereocenters. The van der Waals surface area contributed by atoms with Gasteiger partial charge in [-0.3, -0.25) is 13.6 Å². The zero-order valence-electron chi connectivity index (χ0n) is 29.1. The number of carbonyl (C=O) groups excluding carboxylic acids is 1. The van der Waals surface area contributed by atoms with E-state index in [0.29, 0.717) is 11.6 Å². The Bertz CT molecular complexity index is 1850. The van der Waals surface area contributed by atoms with Crippen LogP contribution in [0.3, 0.4) is 0 Å². The van der Waals surface area contributed by atoms with Gasteiger partial charge in [0.2, 0.25) is 0 Å². The predicted octanol–water partition coefficient (Wildman–Crippen LogP) is 7.28. The van der Waals surface area contributed by atoms with Gasteiger partial charge < -0.3 is 18.9 Å². The Hall–Kier alpha value is -4.53. The lowest BCUT2D eigenvalue weighted by atomic mass is 9.89. The van der Waals surface area contributed by atoms with Gasteiger partial charge in [-0.2, -0.15) is 10.4 Å². The molecular formula is C36H38F3N4O9PS. The quantitative estimate of drug-likeness (QED) is 0.0371. The van der Waals surface area contributed by atoms with Gasteiger partial charge in [0.25, 0.3) is 0 Å². The van der Waals surface area contributed by atoms with Crippen molar-refractivity contribution in [2.24, 2.45) is 0 Å². The standard InChI is InChI=1S/C36H38F3N4O9PS/c1-4-14-49-53(45,50-15-5-2)51-17-16-46-35(44)52-36(23-43-25-41-24-42-43,31-13-12-29(37)19-33(31)39)26(3)54-30-21-47-34(48-22-30)9-7-6-8-28-11-10-27(20-40)18-32(28)38/h4-13,18-19,24-26,30,34H,1-2,14-17,21-23H2,3H3/t26-,30?,34?,36-/m1/s1. The van der Waals surface area contributed by atoms with Gasteiger partial charge in [0.15, 0.2) is 11.9 Å². The first kappa shape index (κ1) is 42.2. The number of nitriles is 1. The molecule has 2 aromatic carbocycles. The highest BCUT2D eigenvalue weighted by atomic mass is 32.2. The third kappa shape index (κ3) is 12.3. The molecule has 1 aromatic heterocycles. The van der Waals surface area contributed by atoms with Crippen LogP contribution in [0.4, 0.5) is 18.0 Å². The summed E-state index contributed by atoms with van der Waals surface area (Å²) < 4.78 is 96.4. The highest BCUT2D eigenvalue weighted by Crippen LogP contribution is 2.49. The number of halogens is 3. The van der Waals surface area contributed by atoms with E-state index in [1.165, 1.54) is 65.5 Å². The molecule has 288 valence electrons. The van der Waals surface area contributed by atoms with Crippen molar-refractivity contribution in [3.8, 4) is 6.07 Å². The number of benzene rings is 2. The molecule has 2 heterocycles. The first-order valence-corrected chi connectivity index (χ1v) is 18.7. The van der Waals surface area contributed by atoms with Crippen LogP contribution >= 0.6 is 19.6 Å². The summed E-state index contributed by atoms with van der Waals surface area (Å²) in [6, 6.07) is 8.91. The predicted molar refractivity (Wildman–Crippen MR) is 192 cm³/mol. The van der Waals surface area contributed by atoms with Gasteiger partial charge in [-0.1, -0.05) is 36.4 Å². The minimum absolute atomic E-state index is 0.143. The van der Waals surface area contributed by atoms with E-state index in [-0.39, 0.29) is 49.3 Å². The van der Waals surface area contributed by atoms with Crippen LogP contribution in [0.5, 0.6) is 0 Å². The SMILES string of the molecule is C=CCOP(=O)(OCC=C)OCCOC(=O)O[C@@](Cn1cncn1)(c1ccc(F)cc1F)[C@@H](C)SC1COC(C=CC=Cc2ccc(C#N)cc2F)OC1. The molecular weight excluding hydrogens is 752 g/mol. The number of ether oxygens (including phenoxy) is 4. The lowest BCUT2D eigenvalue weighted by Crippen LogP contribution is -2.47. The molecule has 0 spiro atoms. The number of carbonyl (C=O) groups is 1. The third-order valence-electron chi connectivity index (χ3n) is 7.50. The van der Waals surface area contributed by atoms with Gasteiger partial charge in [0.05, 0.1) is 56.5 Å². The Balaban J connectivity index is 1.46. The Labute approximate surface area is 314 Å². The van der Waals surface area contributed by atoms with Gasteiger partial charge >= 0.3 is 14.0 Å². The average molecular weight is 791 g/mol. The molecule has 54 heavy (non-hydrogen) atoms. The minimum atomic E-state index is -4.05. The van der Waals surface area contributed by atoms with Crippen molar-refractivity contribution in [1.29, 1.82) is 5.26 Å². The summed E-state index contributed by atoms with van der Waals surface area (Å²) in [4.78, 5) is 17.2. The Morgan fingerprint density at radius 3 is 2.46 bits per heavy atom. The number of rotatable bonds is 20. The smallest absolute Gasteiger partial charge is 0.432 e. The molecule has 0 amide bonds. The summed E-state index contributed by atoms with van der Waals surface area (Å²) in [6.45, 7) is 7.55. The molecule has 13 nitrogen and oxygen atoms in total. The van der Waals surface area contributed by atoms with E-state index in [1.54, 1.807) is 25.2 Å². The van der Waals surface area contributed by atoms with Crippen LogP contribution in [0.1, 0.15) is 23.6 Å². The summed E-state index contributed by atoms with van der Waals surface area (Å²) in [6.07, 6.45) is 9.69. The second-order valence-electron chi connectivity index (χ2n) is 11.3. The lowest BCUT2D eigenvalue weighted by Gasteiger charge is -2.40. The van der Waals surface area contributed by atoms with E-state index >= 15 is 4.39 Å². The minimum Gasteiger partial charge on any atom is -0.432 e. The number of hydrogen-bond acceptors (Lipinski definition) is 13. The van der Waals surface area contributed by atoms with E-state index in [2.05, 4.69) is 23.2 Å². The van der Waals surface area contributed by atoms with Gasteiger partial charge in [0.1, 0.15) is 36.7 Å². The van der Waals surface area contributed by atoms with Crippen LogP contribution in [0.25, 0.3) is 6.08 Å². The maximum absolute atomic E-state index is 15.7. The molecule has 0 N–H and O–H groups in total. The molecule has 1 aliphatic rings. The molecule has 3 aromatic rings. The van der Waals surface area contributed by atoms with Gasteiger partial charge in [0, 0.05) is 22.4 Å². The first-order chi connectivity index (χ1) is 26.0. The number of nitrogens with zero attached hydrogens (tertiary/aromatic N) is 4. The van der Waals surface area contributed by atoms with Crippen LogP contribution in [-0.2, 0) is 49.2 Å². The van der Waals surface area contributed by atoms with Crippen molar-refractivity contribution in [2.45, 2.75) is 35.9 Å². The molecule has 0 aliphatic carbocycles. The number of phosphoric ester groups is 1. The lowest BCUT2D eigenvalue weighted by molar-refractivity contribution is -0.146. The van der Waals surface area contributed by atoms with Crippen LogP contribution in [0.2, 0.25) is 0 Å². The molecule has 0 bridgehead atoms. The maximum Gasteiger partial charge on any atom is 0.509 e. The van der Waals surface area contributed by atoms with E-state index in [9.17, 15) is 18.1 Å². The van der Waals surface area contributed by atoms with Gasteiger partial charge in [-0.25, -0.2) is 32.2 Å². The van der Waals surface area contributed by atoms with Crippen LogP contribution < -0.4 is 0 Å². The van der Waals surface area contributed by atoms with Crippen molar-refractivity contribution in [2.75, 3.05) is 39.6 Å². The number of allylic oxidation sites excluding steroid dienone is 2. The average Bonchev–Trinajstić information content (AvgIpc) is 3.67. The molecule has 0 saturated carbocycles. The van der Waals surface area contributed by atoms with Crippen molar-refractivity contribution in [3.63, 3.8) is 0 Å². The second kappa shape index (κ2) is 20.8. The second-order valence-corrected chi connectivity index (χ2v) is 14.6. The molecule has 0 radical (unpaired) electrons. The zero-order chi connectivity index (χ0) is 39.0. The van der Waals surface area contributed by atoms with Gasteiger partial charge in [-0.15, -0.1) is 24.9 Å². The highest BCUT2D eigenvalue weighted by Gasteiger charge is 2.47. The molecule has 1 fully saturated rings. The van der Waals surface area contributed by atoms with E-state index in [1.807, 2.05) is 6.07 Å². The molecule has 2 atom stereocenters. The van der Waals surface area contributed by atoms with Crippen LogP contribution in [0, 0.1) is 28.8 Å². The van der Waals surface area contributed by atoms with Crippen molar-refractivity contribution in [3.05, 3.63) is 127 Å². The van der Waals surface area contributed by atoms with E-state index < -0.39 is 61.8 Å². The molecule has 1 aliphatic heterocycles. The van der Waals surface area contributed by atoms with Crippen molar-refractivity contribution >= 4 is 31.8 Å². The fourth-order valence-corrected chi connectivity index (χ4v) is 7.44. The number of hydrogen-bond donors (Lipinski definition) is 0. The monoisotopic (exact) mass is 790 g/mol. The Morgan fingerprint density at radius 2 is 1.83 bits per heavy atom. The summed E-state index contributed by atoms with van der Waals surface area (Å²) in [5.74, 6) is -2.37. The van der Waals surface area contributed by atoms with Crippen LogP contribution in [-0.4, -0.2) is 77.4 Å². The molecule has 18 heteroatoms. The van der Waals surface area contributed by atoms with Crippen molar-refractivity contribution < 1.29 is 55.0 Å². The molecule has 4 rings (SSSR count). The third-order valence-corrected chi connectivity index (χ3v) is 10.4. The topological polar surface area (TPSA) is 153 Å². The Morgan fingerprint density at radius 1 is 1.09 bits per heavy atom. The van der Waals surface area contributed by atoms with Crippen molar-refractivity contribution in [1.82, 2.24) is 14.8 Å². The van der Waals surface area contributed by atoms with Gasteiger partial charge in [-0.05, 0) is 37.3 Å². The molecule has 1 saturated heterocycles. The summed E-state index contributed by atoms with van der Waals surface area (Å²) in [5.41, 5.74) is -1.52. The van der Waals surface area contributed by atoms with E-state index in [4.69, 9.17) is 37.8 Å². The van der Waals surface area contributed by atoms with E-state index in [0.717, 1.165) is 12.1 Å². The number of thioether (sulfide) groups is 1. The highest BCUT2D eigenvalue weighted by molar-refractivity contribution is 8.00. The summed E-state index contributed by atoms with van der Waals surface area (Å²) in [5, 5.41) is 11.9. The fraction of sp³-hybridized carbons (Fsp3) is 0.333. The Kier molecular flexibility index (Phi) is 16.3. The maximum atomic E-state index is 15.7. The largest absolute Gasteiger partial charge is 0.509 e. The number of phosphoric acid groups is 1. The van der Waals surface area contributed by atoms with Crippen LogP contribution in [0.15, 0.2) is 92.6 Å². The fourth-order valence-electron chi connectivity index (χ4n) is 4.98. The number of aromatic nitrogens is 3. The summed E-state index contributed by atoms with van der Waals surface area (Å²) in [7, 11) is -4.05. The summed E-state index contributed by atoms with van der Waals surface area (Å²) >= 11 is 1.26. The zero-order valence-corrected chi connectivity index (χ0v) is 30.8. The normalized spacial score (nSPS) is 17.8.